The van der Waals surface area contributed by atoms with Gasteiger partial charge in [0.15, 0.2) is 5.82 Å². The zero-order valence-electron chi connectivity index (χ0n) is 15.0. The Morgan fingerprint density at radius 2 is 1.48 bits per heavy atom. The molecule has 0 spiro atoms. The number of nitrogens with zero attached hydrogens (tertiary/aromatic N) is 5. The smallest absolute Gasteiger partial charge is 0.220 e. The van der Waals surface area contributed by atoms with Crippen molar-refractivity contribution in [3.05, 3.63) is 66.9 Å². The van der Waals surface area contributed by atoms with E-state index in [1.54, 1.807) is 30.7 Å². The number of hydrogen-bond donors (Lipinski definition) is 2. The summed E-state index contributed by atoms with van der Waals surface area (Å²) in [5.74, 6) is 0.139. The molecule has 140 valence electrons. The first-order valence-electron chi connectivity index (χ1n) is 8.79. The molecule has 5 aromatic rings. The summed E-state index contributed by atoms with van der Waals surface area (Å²) in [4.78, 5) is 21.7. The van der Waals surface area contributed by atoms with E-state index in [4.69, 9.17) is 11.5 Å². The molecule has 3 aromatic heterocycles. The molecule has 0 radical (unpaired) electrons. The van der Waals surface area contributed by atoms with Gasteiger partial charge in [-0.25, -0.2) is 24.3 Å². The van der Waals surface area contributed by atoms with E-state index >= 15 is 0 Å². The van der Waals surface area contributed by atoms with Crippen molar-refractivity contribution in [3.63, 3.8) is 0 Å². The molecule has 29 heavy (non-hydrogen) atoms. The van der Waals surface area contributed by atoms with E-state index in [2.05, 4.69) is 24.9 Å². The zero-order chi connectivity index (χ0) is 20.0. The van der Waals surface area contributed by atoms with Gasteiger partial charge in [0.2, 0.25) is 5.95 Å². The van der Waals surface area contributed by atoms with Gasteiger partial charge in [0, 0.05) is 35.1 Å². The first kappa shape index (κ1) is 16.9. The Hall–Kier alpha value is -4.20. The van der Waals surface area contributed by atoms with E-state index in [1.807, 2.05) is 18.2 Å². The van der Waals surface area contributed by atoms with Crippen molar-refractivity contribution >= 4 is 33.7 Å². The Kier molecular flexibility index (Phi) is 3.77. The molecule has 8 heteroatoms. The van der Waals surface area contributed by atoms with Gasteiger partial charge in [-0.15, -0.1) is 0 Å². The van der Waals surface area contributed by atoms with E-state index in [1.165, 1.54) is 12.1 Å². The normalized spacial score (nSPS) is 11.2. The van der Waals surface area contributed by atoms with Crippen molar-refractivity contribution in [2.24, 2.45) is 0 Å². The monoisotopic (exact) mass is 383 g/mol. The van der Waals surface area contributed by atoms with E-state index in [-0.39, 0.29) is 17.6 Å². The third-order valence-electron chi connectivity index (χ3n) is 4.65. The largest absolute Gasteiger partial charge is 0.382 e. The van der Waals surface area contributed by atoms with Crippen LogP contribution in [-0.2, 0) is 0 Å². The number of nitrogens with two attached hydrogens (primary N) is 2. The van der Waals surface area contributed by atoms with Gasteiger partial charge in [-0.1, -0.05) is 6.07 Å². The third kappa shape index (κ3) is 2.87. The predicted molar refractivity (Wildman–Crippen MR) is 110 cm³/mol. The summed E-state index contributed by atoms with van der Waals surface area (Å²) in [6, 6.07) is 11.8. The fourth-order valence-corrected chi connectivity index (χ4v) is 3.34. The van der Waals surface area contributed by atoms with Gasteiger partial charge in [0.05, 0.1) is 11.2 Å². The number of pyridine rings is 1. The molecule has 0 unspecified atom stereocenters. The fraction of sp³-hybridized carbons (Fsp3) is 0. The van der Waals surface area contributed by atoms with Gasteiger partial charge in [-0.3, -0.25) is 4.98 Å². The van der Waals surface area contributed by atoms with Crippen molar-refractivity contribution in [2.45, 2.75) is 0 Å². The van der Waals surface area contributed by atoms with Crippen LogP contribution in [0.25, 0.3) is 44.3 Å². The highest BCUT2D eigenvalue weighted by Crippen LogP contribution is 2.38. The van der Waals surface area contributed by atoms with Crippen LogP contribution in [0.1, 0.15) is 0 Å². The van der Waals surface area contributed by atoms with Gasteiger partial charge < -0.3 is 11.5 Å². The van der Waals surface area contributed by atoms with Crippen molar-refractivity contribution in [1.82, 2.24) is 24.9 Å². The Labute approximate surface area is 164 Å². The van der Waals surface area contributed by atoms with E-state index < -0.39 is 0 Å². The molecule has 7 nitrogen and oxygen atoms in total. The Morgan fingerprint density at radius 1 is 0.759 bits per heavy atom. The minimum absolute atomic E-state index is 0.211. The number of aromatic nitrogens is 5. The average Bonchev–Trinajstić information content (AvgIpc) is 2.74. The summed E-state index contributed by atoms with van der Waals surface area (Å²) in [5, 5.41) is 0.815. The van der Waals surface area contributed by atoms with Crippen LogP contribution in [0.5, 0.6) is 0 Å². The van der Waals surface area contributed by atoms with Crippen molar-refractivity contribution in [3.8, 4) is 22.4 Å². The zero-order valence-corrected chi connectivity index (χ0v) is 15.0. The standard InChI is InChI=1S/C21H14FN7/c22-14-4-1-11(2-5-14)17-16(18-19(20(23)29-17)26-8-7-25-18)12-3-6-15-13(9-12)10-27-21(24)28-15/h1-10H,(H2,23,29)(H2,24,27,28). The maximum atomic E-state index is 13.5. The van der Waals surface area contributed by atoms with Crippen molar-refractivity contribution < 1.29 is 4.39 Å². The molecule has 0 saturated heterocycles. The molecule has 0 atom stereocenters. The topological polar surface area (TPSA) is 116 Å². The van der Waals surface area contributed by atoms with Crippen LogP contribution in [0, 0.1) is 5.82 Å². The number of halogens is 1. The number of fused-ring (bicyclic) bond motifs is 2. The maximum Gasteiger partial charge on any atom is 0.220 e. The number of rotatable bonds is 2. The minimum atomic E-state index is -0.329. The SMILES string of the molecule is Nc1ncc2cc(-c3c(-c4ccc(F)cc4)nc(N)c4nccnc34)ccc2n1. The minimum Gasteiger partial charge on any atom is -0.382 e. The number of anilines is 2. The van der Waals surface area contributed by atoms with Crippen molar-refractivity contribution in [2.75, 3.05) is 11.5 Å². The molecule has 4 N–H and O–H groups in total. The highest BCUT2D eigenvalue weighted by molar-refractivity contribution is 6.04. The van der Waals surface area contributed by atoms with Crippen LogP contribution >= 0.6 is 0 Å². The lowest BCUT2D eigenvalue weighted by atomic mass is 9.96. The average molecular weight is 383 g/mol. The lowest BCUT2D eigenvalue weighted by Crippen LogP contribution is -2.01. The summed E-state index contributed by atoms with van der Waals surface area (Å²) < 4.78 is 13.5. The molecular weight excluding hydrogens is 369 g/mol. The lowest BCUT2D eigenvalue weighted by Gasteiger charge is -2.14. The second-order valence-electron chi connectivity index (χ2n) is 6.48. The maximum absolute atomic E-state index is 13.5. The van der Waals surface area contributed by atoms with Crippen LogP contribution < -0.4 is 11.5 Å². The van der Waals surface area contributed by atoms with E-state index in [0.717, 1.165) is 22.0 Å². The van der Waals surface area contributed by atoms with Crippen LogP contribution in [0.3, 0.4) is 0 Å². The Balaban J connectivity index is 1.86. The van der Waals surface area contributed by atoms with Gasteiger partial charge in [-0.2, -0.15) is 0 Å². The number of hydrogen-bond acceptors (Lipinski definition) is 7. The number of nitrogen functional groups attached to an aromatic ring is 2. The van der Waals surface area contributed by atoms with Crippen LogP contribution in [0.2, 0.25) is 0 Å². The highest BCUT2D eigenvalue weighted by atomic mass is 19.1. The second kappa shape index (κ2) is 6.45. The molecule has 0 aliphatic heterocycles. The molecule has 0 amide bonds. The van der Waals surface area contributed by atoms with E-state index in [9.17, 15) is 4.39 Å². The molecule has 2 aromatic carbocycles. The van der Waals surface area contributed by atoms with Crippen LogP contribution in [0.15, 0.2) is 61.1 Å². The summed E-state index contributed by atoms with van der Waals surface area (Å²) in [6.07, 6.45) is 4.83. The molecular formula is C21H14FN7. The summed E-state index contributed by atoms with van der Waals surface area (Å²) in [5.41, 5.74) is 16.6. The molecule has 3 heterocycles. The first-order chi connectivity index (χ1) is 14.1. The fourth-order valence-electron chi connectivity index (χ4n) is 3.34. The summed E-state index contributed by atoms with van der Waals surface area (Å²) in [7, 11) is 0. The molecule has 0 saturated carbocycles. The molecule has 0 aliphatic carbocycles. The Bertz CT molecular complexity index is 1380. The Morgan fingerprint density at radius 3 is 2.28 bits per heavy atom. The van der Waals surface area contributed by atoms with Crippen LogP contribution in [0.4, 0.5) is 16.2 Å². The number of benzene rings is 2. The van der Waals surface area contributed by atoms with E-state index in [0.29, 0.717) is 22.3 Å². The van der Waals surface area contributed by atoms with Gasteiger partial charge in [0.25, 0.3) is 0 Å². The van der Waals surface area contributed by atoms with Crippen molar-refractivity contribution in [1.29, 1.82) is 0 Å². The lowest BCUT2D eigenvalue weighted by molar-refractivity contribution is 0.628. The summed E-state index contributed by atoms with van der Waals surface area (Å²) >= 11 is 0. The molecule has 5 rings (SSSR count). The highest BCUT2D eigenvalue weighted by Gasteiger charge is 2.18. The quantitative estimate of drug-likeness (QED) is 0.478. The van der Waals surface area contributed by atoms with Gasteiger partial charge >= 0.3 is 0 Å². The third-order valence-corrected chi connectivity index (χ3v) is 4.65. The summed E-state index contributed by atoms with van der Waals surface area (Å²) in [6.45, 7) is 0. The first-order valence-corrected chi connectivity index (χ1v) is 8.79. The predicted octanol–water partition coefficient (Wildman–Crippen LogP) is 3.61. The van der Waals surface area contributed by atoms with Crippen LogP contribution in [-0.4, -0.2) is 24.9 Å². The van der Waals surface area contributed by atoms with Gasteiger partial charge in [-0.05, 0) is 42.0 Å². The van der Waals surface area contributed by atoms with Gasteiger partial charge in [0.1, 0.15) is 16.9 Å². The molecule has 0 aliphatic rings. The molecule has 0 bridgehead atoms. The molecule has 0 fully saturated rings. The second-order valence-corrected chi connectivity index (χ2v) is 6.48.